The van der Waals surface area contributed by atoms with Gasteiger partial charge in [0.25, 0.3) is 5.91 Å². The lowest BCUT2D eigenvalue weighted by molar-refractivity contribution is 0.00791. The summed E-state index contributed by atoms with van der Waals surface area (Å²) in [6, 6.07) is 17.9. The summed E-state index contributed by atoms with van der Waals surface area (Å²) in [6.07, 6.45) is 0.872. The van der Waals surface area contributed by atoms with Crippen LogP contribution in [0.25, 0.3) is 0 Å². The number of carbonyl (C=O) groups excluding carboxylic acids is 2. The van der Waals surface area contributed by atoms with E-state index in [-0.39, 0.29) is 12.3 Å². The number of nitrogens with two attached hydrogens (primary N) is 2. The number of nitrogens with one attached hydrogen (secondary N) is 2. The summed E-state index contributed by atoms with van der Waals surface area (Å²) >= 11 is 0. The van der Waals surface area contributed by atoms with E-state index in [0.29, 0.717) is 28.1 Å². The molecule has 3 atom stereocenters. The number of rotatable bonds is 8. The van der Waals surface area contributed by atoms with Crippen LogP contribution in [0.1, 0.15) is 57.6 Å². The highest BCUT2D eigenvalue weighted by Crippen LogP contribution is 2.30. The standard InChI is InChI=1S/C27H30N4O4/c28-21-6-1-2-7-22(21)30-26(34)18-11-9-17(10-12-18)23(31-27(29)35)15-24(32)25(33)20-13-8-16-4-3-5-19(16)14-20/h1-2,6-14,23-25,32-33H,3-5,15,28H2,(H,30,34)(H3,29,31,35). The fourth-order valence-electron chi connectivity index (χ4n) is 4.49. The first-order valence-electron chi connectivity index (χ1n) is 11.6. The van der Waals surface area contributed by atoms with Gasteiger partial charge in [0.2, 0.25) is 0 Å². The van der Waals surface area contributed by atoms with Crippen LogP contribution in [0.5, 0.6) is 0 Å². The Hall–Kier alpha value is -3.88. The first-order valence-corrected chi connectivity index (χ1v) is 11.6. The summed E-state index contributed by atoms with van der Waals surface area (Å²) in [7, 11) is 0. The topological polar surface area (TPSA) is 151 Å². The molecule has 0 aliphatic heterocycles. The molecule has 1 aliphatic carbocycles. The van der Waals surface area contributed by atoms with Crippen LogP contribution < -0.4 is 22.1 Å². The summed E-state index contributed by atoms with van der Waals surface area (Å²) < 4.78 is 0. The maximum absolute atomic E-state index is 12.6. The van der Waals surface area contributed by atoms with E-state index in [9.17, 15) is 19.8 Å². The molecule has 8 nitrogen and oxygen atoms in total. The van der Waals surface area contributed by atoms with E-state index >= 15 is 0 Å². The van der Waals surface area contributed by atoms with Crippen molar-refractivity contribution >= 4 is 23.3 Å². The molecule has 3 amide bonds. The third-order valence-corrected chi connectivity index (χ3v) is 6.41. The number of amides is 3. The number of primary amides is 1. The van der Waals surface area contributed by atoms with Gasteiger partial charge in [0, 0.05) is 12.0 Å². The van der Waals surface area contributed by atoms with Gasteiger partial charge in [-0.25, -0.2) is 4.79 Å². The Bertz CT molecular complexity index is 1210. The fourth-order valence-corrected chi connectivity index (χ4v) is 4.49. The number of hydrogen-bond donors (Lipinski definition) is 6. The molecule has 8 N–H and O–H groups in total. The van der Waals surface area contributed by atoms with Gasteiger partial charge in [-0.15, -0.1) is 0 Å². The SMILES string of the molecule is NC(=O)NC(CC(O)C(O)c1ccc2c(c1)CCC2)c1ccc(C(=O)Nc2ccccc2N)cc1. The first kappa shape index (κ1) is 24.3. The molecule has 8 heteroatoms. The number of urea groups is 1. The van der Waals surface area contributed by atoms with E-state index < -0.39 is 24.3 Å². The molecule has 0 radical (unpaired) electrons. The number of aliphatic hydroxyl groups excluding tert-OH is 2. The van der Waals surface area contributed by atoms with Crippen LogP contribution in [0.2, 0.25) is 0 Å². The zero-order valence-electron chi connectivity index (χ0n) is 19.3. The minimum absolute atomic E-state index is 0.0350. The predicted molar refractivity (Wildman–Crippen MR) is 135 cm³/mol. The van der Waals surface area contributed by atoms with Crippen molar-refractivity contribution in [3.8, 4) is 0 Å². The highest BCUT2D eigenvalue weighted by Gasteiger charge is 2.26. The summed E-state index contributed by atoms with van der Waals surface area (Å²) in [5, 5.41) is 26.9. The van der Waals surface area contributed by atoms with Crippen LogP contribution in [0.4, 0.5) is 16.2 Å². The summed E-state index contributed by atoms with van der Waals surface area (Å²) in [5.41, 5.74) is 16.4. The second-order valence-corrected chi connectivity index (χ2v) is 8.85. The Morgan fingerprint density at radius 1 is 0.914 bits per heavy atom. The zero-order valence-corrected chi connectivity index (χ0v) is 19.3. The molecule has 3 aromatic rings. The van der Waals surface area contributed by atoms with Crippen molar-refractivity contribution in [1.29, 1.82) is 0 Å². The largest absolute Gasteiger partial charge is 0.397 e. The van der Waals surface area contributed by atoms with Crippen LogP contribution in [0.3, 0.4) is 0 Å². The third-order valence-electron chi connectivity index (χ3n) is 6.41. The van der Waals surface area contributed by atoms with Crippen molar-refractivity contribution < 1.29 is 19.8 Å². The second kappa shape index (κ2) is 10.6. The molecule has 0 spiro atoms. The van der Waals surface area contributed by atoms with E-state index in [1.54, 1.807) is 48.5 Å². The van der Waals surface area contributed by atoms with Crippen LogP contribution in [0.15, 0.2) is 66.7 Å². The maximum Gasteiger partial charge on any atom is 0.312 e. The molecule has 1 aliphatic rings. The molecule has 35 heavy (non-hydrogen) atoms. The number of nitrogen functional groups attached to an aromatic ring is 1. The average Bonchev–Trinajstić information content (AvgIpc) is 3.32. The van der Waals surface area contributed by atoms with Crippen molar-refractivity contribution in [3.63, 3.8) is 0 Å². The Balaban J connectivity index is 1.46. The monoisotopic (exact) mass is 474 g/mol. The zero-order chi connectivity index (χ0) is 24.9. The van der Waals surface area contributed by atoms with E-state index in [1.807, 2.05) is 18.2 Å². The number of anilines is 2. The Kier molecular flexibility index (Phi) is 7.33. The molecule has 0 aromatic heterocycles. The summed E-state index contributed by atoms with van der Waals surface area (Å²) in [6.45, 7) is 0. The third kappa shape index (κ3) is 5.79. The maximum atomic E-state index is 12.6. The van der Waals surface area contributed by atoms with Crippen molar-refractivity contribution in [3.05, 3.63) is 94.5 Å². The van der Waals surface area contributed by atoms with E-state index in [2.05, 4.69) is 10.6 Å². The molecule has 3 aromatic carbocycles. The van der Waals surface area contributed by atoms with Crippen LogP contribution >= 0.6 is 0 Å². The van der Waals surface area contributed by atoms with Crippen molar-refractivity contribution in [2.45, 2.75) is 43.9 Å². The molecule has 0 fully saturated rings. The number of aliphatic hydroxyl groups is 2. The predicted octanol–water partition coefficient (Wildman–Crippen LogP) is 3.20. The number of benzene rings is 3. The van der Waals surface area contributed by atoms with E-state index in [4.69, 9.17) is 11.5 Å². The Labute approximate surface area is 204 Å². The van der Waals surface area contributed by atoms with Crippen molar-refractivity contribution in [2.75, 3.05) is 11.1 Å². The molecule has 0 saturated carbocycles. The lowest BCUT2D eigenvalue weighted by atomic mass is 9.93. The minimum atomic E-state index is -1.14. The van der Waals surface area contributed by atoms with Gasteiger partial charge in [0.15, 0.2) is 0 Å². The van der Waals surface area contributed by atoms with Gasteiger partial charge in [-0.05, 0) is 65.8 Å². The molecular weight excluding hydrogens is 444 g/mol. The molecule has 0 heterocycles. The van der Waals surface area contributed by atoms with Crippen LogP contribution in [-0.4, -0.2) is 28.3 Å². The van der Waals surface area contributed by atoms with Gasteiger partial charge in [-0.1, -0.05) is 42.5 Å². The molecular formula is C27H30N4O4. The molecule has 0 bridgehead atoms. The number of para-hydroxylation sites is 2. The minimum Gasteiger partial charge on any atom is -0.397 e. The fraction of sp³-hybridized carbons (Fsp3) is 0.259. The smallest absolute Gasteiger partial charge is 0.312 e. The second-order valence-electron chi connectivity index (χ2n) is 8.85. The Morgan fingerprint density at radius 3 is 2.31 bits per heavy atom. The summed E-state index contributed by atoms with van der Waals surface area (Å²) in [5.74, 6) is -0.332. The lowest BCUT2D eigenvalue weighted by Crippen LogP contribution is -2.36. The normalized spacial score (nSPS) is 15.0. The van der Waals surface area contributed by atoms with Crippen LogP contribution in [0, 0.1) is 0 Å². The number of hydrogen-bond acceptors (Lipinski definition) is 5. The van der Waals surface area contributed by atoms with Gasteiger partial charge in [-0.2, -0.15) is 0 Å². The number of aryl methyl sites for hydroxylation is 2. The highest BCUT2D eigenvalue weighted by molar-refractivity contribution is 6.05. The highest BCUT2D eigenvalue weighted by atomic mass is 16.3. The van der Waals surface area contributed by atoms with Gasteiger partial charge < -0.3 is 32.3 Å². The van der Waals surface area contributed by atoms with Gasteiger partial charge in [-0.3, -0.25) is 4.79 Å². The number of carbonyl (C=O) groups is 2. The van der Waals surface area contributed by atoms with Crippen molar-refractivity contribution in [2.24, 2.45) is 5.73 Å². The first-order chi connectivity index (χ1) is 16.8. The van der Waals surface area contributed by atoms with Crippen LogP contribution in [-0.2, 0) is 12.8 Å². The van der Waals surface area contributed by atoms with E-state index in [0.717, 1.165) is 19.3 Å². The Morgan fingerprint density at radius 2 is 1.60 bits per heavy atom. The number of fused-ring (bicyclic) bond motifs is 1. The van der Waals surface area contributed by atoms with Gasteiger partial charge >= 0.3 is 6.03 Å². The molecule has 3 unspecified atom stereocenters. The lowest BCUT2D eigenvalue weighted by Gasteiger charge is -2.25. The van der Waals surface area contributed by atoms with Crippen molar-refractivity contribution in [1.82, 2.24) is 5.32 Å². The average molecular weight is 475 g/mol. The van der Waals surface area contributed by atoms with Gasteiger partial charge in [0.1, 0.15) is 6.10 Å². The molecule has 182 valence electrons. The van der Waals surface area contributed by atoms with Gasteiger partial charge in [0.05, 0.1) is 23.5 Å². The van der Waals surface area contributed by atoms with E-state index in [1.165, 1.54) is 11.1 Å². The molecule has 0 saturated heterocycles. The summed E-state index contributed by atoms with van der Waals surface area (Å²) in [4.78, 5) is 24.2. The molecule has 4 rings (SSSR count). The quantitative estimate of drug-likeness (QED) is 0.277.